The Labute approximate surface area is 147 Å². The summed E-state index contributed by atoms with van der Waals surface area (Å²) >= 11 is 15.0. The number of nitrogens with one attached hydrogen (secondary N) is 1. The summed E-state index contributed by atoms with van der Waals surface area (Å²) in [5.74, 6) is 0. The molecule has 0 saturated heterocycles. The first-order valence-corrected chi connectivity index (χ1v) is 7.84. The van der Waals surface area contributed by atoms with Crippen molar-refractivity contribution in [1.29, 1.82) is 0 Å². The number of hydrogen-bond acceptors (Lipinski definition) is 4. The van der Waals surface area contributed by atoms with Crippen LogP contribution in [0.25, 0.3) is 5.69 Å². The molecule has 0 aliphatic carbocycles. The lowest BCUT2D eigenvalue weighted by Gasteiger charge is -2.03. The maximum absolute atomic E-state index is 11.8. The Kier molecular flexibility index (Phi) is 4.38. The molecule has 0 aliphatic rings. The highest BCUT2D eigenvalue weighted by Crippen LogP contribution is 2.21. The van der Waals surface area contributed by atoms with Crippen molar-refractivity contribution in [2.75, 3.05) is 0 Å². The van der Waals surface area contributed by atoms with E-state index in [2.05, 4.69) is 31.2 Å². The van der Waals surface area contributed by atoms with Crippen LogP contribution in [-0.4, -0.2) is 24.5 Å². The first-order valence-electron chi connectivity index (χ1n) is 6.29. The number of aromatic amines is 1. The summed E-state index contributed by atoms with van der Waals surface area (Å²) in [4.78, 5) is 25.3. The monoisotopic (exact) mass is 415 g/mol. The molecule has 1 N–H and O–H groups in total. The third-order valence-corrected chi connectivity index (χ3v) is 3.95. The molecule has 1 aromatic carbocycles. The maximum atomic E-state index is 11.8. The van der Waals surface area contributed by atoms with E-state index in [0.717, 1.165) is 0 Å². The van der Waals surface area contributed by atoms with Crippen molar-refractivity contribution in [2.45, 2.75) is 6.54 Å². The van der Waals surface area contributed by atoms with Crippen molar-refractivity contribution >= 4 is 39.1 Å². The van der Waals surface area contributed by atoms with Gasteiger partial charge in [0.15, 0.2) is 0 Å². The van der Waals surface area contributed by atoms with Crippen LogP contribution in [-0.2, 0) is 6.54 Å². The van der Waals surface area contributed by atoms with Crippen LogP contribution in [0.2, 0.25) is 10.0 Å². The number of halogens is 3. The largest absolute Gasteiger partial charge is 0.328 e. The Balaban J connectivity index is 1.92. The predicted molar refractivity (Wildman–Crippen MR) is 89.5 cm³/mol. The van der Waals surface area contributed by atoms with Gasteiger partial charge in [-0.15, -0.1) is 5.10 Å². The fourth-order valence-corrected chi connectivity index (χ4v) is 2.80. The van der Waals surface area contributed by atoms with E-state index >= 15 is 0 Å². The van der Waals surface area contributed by atoms with Gasteiger partial charge in [-0.05, 0) is 34.1 Å². The van der Waals surface area contributed by atoms with Crippen LogP contribution < -0.4 is 11.2 Å². The van der Waals surface area contributed by atoms with Crippen LogP contribution in [0, 0.1) is 0 Å². The summed E-state index contributed by atoms with van der Waals surface area (Å²) in [6, 6.07) is 4.99. The SMILES string of the molecule is O=c1[nH]c(=O)n(Cc2cn(-c3cc(Cl)cc(Cl)c3)nn2)cc1Br. The molecule has 7 nitrogen and oxygen atoms in total. The molecule has 118 valence electrons. The van der Waals surface area contributed by atoms with E-state index in [9.17, 15) is 9.59 Å². The molecule has 0 unspecified atom stereocenters. The zero-order chi connectivity index (χ0) is 16.6. The molecular formula is C13H8BrCl2N5O2. The van der Waals surface area contributed by atoms with E-state index in [0.29, 0.717) is 21.4 Å². The highest BCUT2D eigenvalue weighted by Gasteiger charge is 2.08. The quantitative estimate of drug-likeness (QED) is 0.709. The normalized spacial score (nSPS) is 10.9. The lowest BCUT2D eigenvalue weighted by atomic mass is 10.3. The van der Waals surface area contributed by atoms with Crippen LogP contribution >= 0.6 is 39.1 Å². The van der Waals surface area contributed by atoms with E-state index in [-0.39, 0.29) is 11.0 Å². The Morgan fingerprint density at radius 3 is 2.52 bits per heavy atom. The molecule has 0 saturated carbocycles. The van der Waals surface area contributed by atoms with Crippen molar-refractivity contribution in [3.63, 3.8) is 0 Å². The smallest absolute Gasteiger partial charge is 0.293 e. The Bertz CT molecular complexity index is 974. The molecule has 0 bridgehead atoms. The van der Waals surface area contributed by atoms with E-state index in [1.165, 1.54) is 15.4 Å². The molecular weight excluding hydrogens is 409 g/mol. The van der Waals surface area contributed by atoms with Gasteiger partial charge in [-0.25, -0.2) is 9.48 Å². The molecule has 23 heavy (non-hydrogen) atoms. The molecule has 10 heteroatoms. The number of nitrogens with zero attached hydrogens (tertiary/aromatic N) is 4. The minimum absolute atomic E-state index is 0.155. The highest BCUT2D eigenvalue weighted by molar-refractivity contribution is 9.10. The van der Waals surface area contributed by atoms with Crippen molar-refractivity contribution < 1.29 is 0 Å². The molecule has 0 aliphatic heterocycles. The van der Waals surface area contributed by atoms with Gasteiger partial charge in [-0.2, -0.15) is 0 Å². The van der Waals surface area contributed by atoms with Gasteiger partial charge in [0.25, 0.3) is 5.56 Å². The zero-order valence-corrected chi connectivity index (χ0v) is 14.4. The third-order valence-electron chi connectivity index (χ3n) is 2.95. The Hall–Kier alpha value is -1.90. The fraction of sp³-hybridized carbons (Fsp3) is 0.0769. The van der Waals surface area contributed by atoms with E-state index in [4.69, 9.17) is 23.2 Å². The van der Waals surface area contributed by atoms with Crippen molar-refractivity contribution in [3.05, 3.63) is 71.6 Å². The number of hydrogen-bond donors (Lipinski definition) is 1. The molecule has 0 fully saturated rings. The van der Waals surface area contributed by atoms with Crippen LogP contribution in [0.4, 0.5) is 0 Å². The summed E-state index contributed by atoms with van der Waals surface area (Å²) in [6.45, 7) is 0.155. The van der Waals surface area contributed by atoms with Crippen molar-refractivity contribution in [1.82, 2.24) is 24.5 Å². The predicted octanol–water partition coefficient (Wildman–Crippen LogP) is 2.23. The first kappa shape index (κ1) is 16.0. The Morgan fingerprint density at radius 2 is 1.83 bits per heavy atom. The summed E-state index contributed by atoms with van der Waals surface area (Å²) in [7, 11) is 0. The lowest BCUT2D eigenvalue weighted by Crippen LogP contribution is -2.30. The maximum Gasteiger partial charge on any atom is 0.328 e. The molecule has 0 spiro atoms. The van der Waals surface area contributed by atoms with Crippen LogP contribution in [0.3, 0.4) is 0 Å². The van der Waals surface area contributed by atoms with Crippen molar-refractivity contribution in [2.24, 2.45) is 0 Å². The van der Waals surface area contributed by atoms with E-state index in [1.54, 1.807) is 24.4 Å². The second-order valence-electron chi connectivity index (χ2n) is 4.65. The molecule has 0 atom stereocenters. The first-order chi connectivity index (χ1) is 10.9. The van der Waals surface area contributed by atoms with E-state index < -0.39 is 11.2 Å². The second-order valence-corrected chi connectivity index (χ2v) is 6.37. The zero-order valence-electron chi connectivity index (χ0n) is 11.3. The number of H-pyrrole nitrogens is 1. The van der Waals surface area contributed by atoms with E-state index in [1.807, 2.05) is 0 Å². The molecule has 0 amide bonds. The molecule has 3 rings (SSSR count). The average molecular weight is 417 g/mol. The molecule has 0 radical (unpaired) electrons. The summed E-state index contributed by atoms with van der Waals surface area (Å²) in [5, 5.41) is 8.94. The summed E-state index contributed by atoms with van der Waals surface area (Å²) in [6.07, 6.45) is 3.05. The minimum Gasteiger partial charge on any atom is -0.293 e. The van der Waals surface area contributed by atoms with Gasteiger partial charge in [0.1, 0.15) is 5.69 Å². The van der Waals surface area contributed by atoms with Gasteiger partial charge in [0.2, 0.25) is 0 Å². The fourth-order valence-electron chi connectivity index (χ4n) is 1.94. The lowest BCUT2D eigenvalue weighted by molar-refractivity contribution is 0.696. The van der Waals surface area contributed by atoms with Gasteiger partial charge < -0.3 is 0 Å². The topological polar surface area (TPSA) is 85.6 Å². The molecule has 3 aromatic rings. The van der Waals surface area contributed by atoms with Gasteiger partial charge in [-0.1, -0.05) is 28.4 Å². The number of aromatic nitrogens is 5. The van der Waals surface area contributed by atoms with Crippen molar-refractivity contribution in [3.8, 4) is 5.69 Å². The van der Waals surface area contributed by atoms with Crippen LogP contribution in [0.15, 0.2) is 44.7 Å². The highest BCUT2D eigenvalue weighted by atomic mass is 79.9. The van der Waals surface area contributed by atoms with Gasteiger partial charge >= 0.3 is 5.69 Å². The van der Waals surface area contributed by atoms with Crippen LogP contribution in [0.5, 0.6) is 0 Å². The second kappa shape index (κ2) is 6.31. The summed E-state index contributed by atoms with van der Waals surface area (Å²) in [5.41, 5.74) is 0.167. The number of benzene rings is 1. The Morgan fingerprint density at radius 1 is 1.13 bits per heavy atom. The van der Waals surface area contributed by atoms with Gasteiger partial charge in [-0.3, -0.25) is 14.3 Å². The minimum atomic E-state index is -0.529. The average Bonchev–Trinajstić information content (AvgIpc) is 2.92. The third kappa shape index (κ3) is 3.54. The standard InChI is InChI=1S/C13H8BrCl2N5O2/c14-11-6-20(13(23)17-12(11)22)4-9-5-21(19-18-9)10-2-7(15)1-8(16)3-10/h1-3,5-6H,4H2,(H,17,22,23). The molecule has 2 heterocycles. The van der Waals surface area contributed by atoms with Gasteiger partial charge in [0.05, 0.1) is 22.9 Å². The summed E-state index contributed by atoms with van der Waals surface area (Å²) < 4.78 is 3.06. The van der Waals surface area contributed by atoms with Gasteiger partial charge in [0, 0.05) is 16.2 Å². The molecule has 2 aromatic heterocycles. The van der Waals surface area contributed by atoms with Crippen LogP contribution in [0.1, 0.15) is 5.69 Å². The number of rotatable bonds is 3.